The van der Waals surface area contributed by atoms with Crippen LogP contribution < -0.4 is 0 Å². The lowest BCUT2D eigenvalue weighted by atomic mass is 9.87. The maximum Gasteiger partial charge on any atom is 0.226 e. The third-order valence-electron chi connectivity index (χ3n) is 3.47. The van der Waals surface area contributed by atoms with Gasteiger partial charge in [-0.05, 0) is 30.0 Å². The fourth-order valence-corrected chi connectivity index (χ4v) is 1.74. The quantitative estimate of drug-likeness (QED) is 0.807. The van der Waals surface area contributed by atoms with Gasteiger partial charge in [0.05, 0.1) is 6.42 Å². The molecule has 2 nitrogen and oxygen atoms in total. The van der Waals surface area contributed by atoms with E-state index in [1.807, 2.05) is 6.92 Å². The van der Waals surface area contributed by atoms with Gasteiger partial charge in [-0.1, -0.05) is 32.9 Å². The largest absolute Gasteiger partial charge is 0.342 e. The molecule has 0 N–H and O–H groups in total. The molecule has 0 unspecified atom stereocenters. The number of halogens is 1. The Bertz CT molecular complexity index is 423. The van der Waals surface area contributed by atoms with Gasteiger partial charge >= 0.3 is 0 Å². The summed E-state index contributed by atoms with van der Waals surface area (Å²) in [6.07, 6.45) is 0.245. The second-order valence-electron chi connectivity index (χ2n) is 5.85. The summed E-state index contributed by atoms with van der Waals surface area (Å²) in [4.78, 5) is 13.9. The van der Waals surface area contributed by atoms with E-state index in [0.717, 1.165) is 0 Å². The average Bonchev–Trinajstić information content (AvgIpc) is 2.25. The van der Waals surface area contributed by atoms with Crippen LogP contribution in [-0.2, 0) is 11.2 Å². The van der Waals surface area contributed by atoms with Gasteiger partial charge in [0.15, 0.2) is 0 Å². The monoisotopic (exact) mass is 251 g/mol. The molecule has 0 aromatic heterocycles. The van der Waals surface area contributed by atoms with Gasteiger partial charge < -0.3 is 4.90 Å². The van der Waals surface area contributed by atoms with Crippen LogP contribution in [0.5, 0.6) is 0 Å². The number of likely N-dealkylation sites (N-methyl/N-ethyl adjacent to an activating group) is 1. The molecular formula is C15H22FNO. The SMILES string of the molecule is C[C@@H](N(C)C(=O)Cc1cccc(F)c1)C(C)(C)C. The molecule has 0 saturated carbocycles. The molecule has 100 valence electrons. The molecule has 18 heavy (non-hydrogen) atoms. The van der Waals surface area contributed by atoms with Crippen LogP contribution in [-0.4, -0.2) is 23.9 Å². The van der Waals surface area contributed by atoms with Gasteiger partial charge in [0.1, 0.15) is 5.82 Å². The molecule has 1 rings (SSSR count). The Morgan fingerprint density at radius 1 is 1.39 bits per heavy atom. The van der Waals surface area contributed by atoms with Crippen LogP contribution in [0.3, 0.4) is 0 Å². The summed E-state index contributed by atoms with van der Waals surface area (Å²) in [6.45, 7) is 8.33. The van der Waals surface area contributed by atoms with Gasteiger partial charge in [-0.2, -0.15) is 0 Å². The van der Waals surface area contributed by atoms with Crippen LogP contribution >= 0.6 is 0 Å². The molecule has 0 spiro atoms. The van der Waals surface area contributed by atoms with Gasteiger partial charge in [0, 0.05) is 13.1 Å². The molecule has 0 aliphatic carbocycles. The Morgan fingerprint density at radius 3 is 2.50 bits per heavy atom. The minimum absolute atomic E-state index is 0.0167. The van der Waals surface area contributed by atoms with Gasteiger partial charge in [-0.25, -0.2) is 4.39 Å². The fourth-order valence-electron chi connectivity index (χ4n) is 1.74. The predicted octanol–water partition coefficient (Wildman–Crippen LogP) is 3.26. The van der Waals surface area contributed by atoms with Crippen molar-refractivity contribution in [2.45, 2.75) is 40.2 Å². The van der Waals surface area contributed by atoms with Crippen LogP contribution in [0.15, 0.2) is 24.3 Å². The highest BCUT2D eigenvalue weighted by Gasteiger charge is 2.26. The van der Waals surface area contributed by atoms with Crippen LogP contribution in [0.25, 0.3) is 0 Å². The summed E-state index contributed by atoms with van der Waals surface area (Å²) in [5.74, 6) is -0.283. The second-order valence-corrected chi connectivity index (χ2v) is 5.85. The molecule has 0 radical (unpaired) electrons. The standard InChI is InChI=1S/C15H22FNO/c1-11(15(2,3)4)17(5)14(18)10-12-7-6-8-13(16)9-12/h6-9,11H,10H2,1-5H3/t11-/m1/s1. The van der Waals surface area contributed by atoms with Crippen LogP contribution in [0.4, 0.5) is 4.39 Å². The van der Waals surface area contributed by atoms with Crippen molar-refractivity contribution in [2.24, 2.45) is 5.41 Å². The molecule has 0 aliphatic heterocycles. The molecular weight excluding hydrogens is 229 g/mol. The van der Waals surface area contributed by atoms with Crippen molar-refractivity contribution in [1.82, 2.24) is 4.90 Å². The van der Waals surface area contributed by atoms with E-state index in [-0.39, 0.29) is 29.6 Å². The summed E-state index contributed by atoms with van der Waals surface area (Å²) in [7, 11) is 1.80. The zero-order valence-electron chi connectivity index (χ0n) is 11.8. The van der Waals surface area contributed by atoms with E-state index in [1.165, 1.54) is 12.1 Å². The lowest BCUT2D eigenvalue weighted by Crippen LogP contribution is -2.43. The Labute approximate surface area is 109 Å². The summed E-state index contributed by atoms with van der Waals surface area (Å²) in [5, 5.41) is 0. The van der Waals surface area contributed by atoms with Gasteiger partial charge in [-0.15, -0.1) is 0 Å². The summed E-state index contributed by atoms with van der Waals surface area (Å²) in [5.41, 5.74) is 0.750. The number of hydrogen-bond acceptors (Lipinski definition) is 1. The molecule has 1 aromatic carbocycles. The number of rotatable bonds is 3. The molecule has 1 aromatic rings. The Balaban J connectivity index is 2.71. The van der Waals surface area contributed by atoms with Gasteiger partial charge in [0.2, 0.25) is 5.91 Å². The third-order valence-corrected chi connectivity index (χ3v) is 3.47. The molecule has 0 heterocycles. The molecule has 3 heteroatoms. The lowest BCUT2D eigenvalue weighted by molar-refractivity contribution is -0.132. The highest BCUT2D eigenvalue weighted by atomic mass is 19.1. The van der Waals surface area contributed by atoms with Crippen LogP contribution in [0.2, 0.25) is 0 Å². The third kappa shape index (κ3) is 3.83. The minimum Gasteiger partial charge on any atom is -0.342 e. The number of nitrogens with zero attached hydrogens (tertiary/aromatic N) is 1. The normalized spacial score (nSPS) is 13.2. The number of carbonyl (C=O) groups excluding carboxylic acids is 1. The molecule has 0 bridgehead atoms. The Kier molecular flexibility index (Phi) is 4.49. The number of benzene rings is 1. The van der Waals surface area contributed by atoms with E-state index in [0.29, 0.717) is 5.56 Å². The van der Waals surface area contributed by atoms with Crippen LogP contribution in [0.1, 0.15) is 33.3 Å². The Hall–Kier alpha value is -1.38. The van der Waals surface area contributed by atoms with Gasteiger partial charge in [0.25, 0.3) is 0 Å². The highest BCUT2D eigenvalue weighted by Crippen LogP contribution is 2.23. The predicted molar refractivity (Wildman–Crippen MR) is 71.8 cm³/mol. The van der Waals surface area contributed by atoms with Crippen molar-refractivity contribution in [3.05, 3.63) is 35.6 Å². The first-order valence-electron chi connectivity index (χ1n) is 6.22. The van der Waals surface area contributed by atoms with E-state index in [4.69, 9.17) is 0 Å². The first-order valence-corrected chi connectivity index (χ1v) is 6.22. The maximum absolute atomic E-state index is 13.0. The average molecular weight is 251 g/mol. The zero-order valence-corrected chi connectivity index (χ0v) is 11.8. The van der Waals surface area contributed by atoms with Gasteiger partial charge in [-0.3, -0.25) is 4.79 Å². The smallest absolute Gasteiger partial charge is 0.226 e. The molecule has 1 atom stereocenters. The number of amides is 1. The number of carbonyl (C=O) groups is 1. The second kappa shape index (κ2) is 5.51. The summed E-state index contributed by atoms with van der Waals surface area (Å²) in [6, 6.07) is 6.34. The first kappa shape index (κ1) is 14.7. The molecule has 0 saturated heterocycles. The zero-order chi connectivity index (χ0) is 13.9. The topological polar surface area (TPSA) is 20.3 Å². The fraction of sp³-hybridized carbons (Fsp3) is 0.533. The first-order chi connectivity index (χ1) is 8.21. The van der Waals surface area contributed by atoms with E-state index >= 15 is 0 Å². The van der Waals surface area contributed by atoms with Crippen molar-refractivity contribution in [2.75, 3.05) is 7.05 Å². The lowest BCUT2D eigenvalue weighted by Gasteiger charge is -2.35. The van der Waals surface area contributed by atoms with Crippen molar-refractivity contribution in [3.63, 3.8) is 0 Å². The summed E-state index contributed by atoms with van der Waals surface area (Å²) >= 11 is 0. The highest BCUT2D eigenvalue weighted by molar-refractivity contribution is 5.78. The van der Waals surface area contributed by atoms with Crippen molar-refractivity contribution in [3.8, 4) is 0 Å². The van der Waals surface area contributed by atoms with E-state index in [1.54, 1.807) is 24.1 Å². The van der Waals surface area contributed by atoms with Crippen molar-refractivity contribution in [1.29, 1.82) is 0 Å². The molecule has 1 amide bonds. The van der Waals surface area contributed by atoms with E-state index < -0.39 is 0 Å². The maximum atomic E-state index is 13.0. The minimum atomic E-state index is -0.299. The number of hydrogen-bond donors (Lipinski definition) is 0. The van der Waals surface area contributed by atoms with Crippen molar-refractivity contribution < 1.29 is 9.18 Å². The molecule has 0 fully saturated rings. The van der Waals surface area contributed by atoms with Crippen LogP contribution in [0, 0.1) is 11.2 Å². The van der Waals surface area contributed by atoms with E-state index in [2.05, 4.69) is 20.8 Å². The molecule has 0 aliphatic rings. The van der Waals surface area contributed by atoms with Crippen molar-refractivity contribution >= 4 is 5.91 Å². The van der Waals surface area contributed by atoms with E-state index in [9.17, 15) is 9.18 Å². The Morgan fingerprint density at radius 2 is 2.00 bits per heavy atom. The summed E-state index contributed by atoms with van der Waals surface area (Å²) < 4.78 is 13.0.